The van der Waals surface area contributed by atoms with E-state index in [1.807, 2.05) is 54.6 Å². The first kappa shape index (κ1) is 18.0. The molecule has 1 atom stereocenters. The molecule has 0 aliphatic carbocycles. The van der Waals surface area contributed by atoms with Crippen molar-refractivity contribution in [2.45, 2.75) is 32.9 Å². The van der Waals surface area contributed by atoms with Crippen molar-refractivity contribution in [3.05, 3.63) is 65.7 Å². The topological polar surface area (TPSA) is 64.3 Å². The van der Waals surface area contributed by atoms with Gasteiger partial charge < -0.3 is 15.8 Å². The maximum Gasteiger partial charge on any atom is 0.244 e. The standard InChI is InChI=1S/C20H26N2O2/c1-15(2)14-24-18-12-8-7-9-16(18)13-22-19(23)20(3,21)17-10-5-4-6-11-17/h4-12,15H,13-14,21H2,1-3H3,(H,22,23). The Kier molecular flexibility index (Phi) is 5.99. The van der Waals surface area contributed by atoms with Gasteiger partial charge in [0.1, 0.15) is 11.3 Å². The third kappa shape index (κ3) is 4.59. The van der Waals surface area contributed by atoms with Crippen molar-refractivity contribution in [3.63, 3.8) is 0 Å². The Morgan fingerprint density at radius 1 is 1.12 bits per heavy atom. The Labute approximate surface area is 144 Å². The van der Waals surface area contributed by atoms with Crippen LogP contribution in [0.4, 0.5) is 0 Å². The zero-order chi connectivity index (χ0) is 17.6. The minimum absolute atomic E-state index is 0.215. The van der Waals surface area contributed by atoms with Crippen LogP contribution < -0.4 is 15.8 Å². The van der Waals surface area contributed by atoms with Crippen molar-refractivity contribution < 1.29 is 9.53 Å². The number of hydrogen-bond donors (Lipinski definition) is 2. The average Bonchev–Trinajstić information content (AvgIpc) is 2.59. The largest absolute Gasteiger partial charge is 0.493 e. The van der Waals surface area contributed by atoms with Gasteiger partial charge in [0.25, 0.3) is 0 Å². The second-order valence-corrected chi connectivity index (χ2v) is 6.56. The molecule has 3 N–H and O–H groups in total. The number of hydrogen-bond acceptors (Lipinski definition) is 3. The molecule has 0 spiro atoms. The summed E-state index contributed by atoms with van der Waals surface area (Å²) < 4.78 is 5.82. The van der Waals surface area contributed by atoms with Gasteiger partial charge in [-0.05, 0) is 24.5 Å². The molecule has 0 aliphatic heterocycles. The van der Waals surface area contributed by atoms with Crippen LogP contribution in [0.2, 0.25) is 0 Å². The number of para-hydroxylation sites is 1. The molecule has 0 saturated carbocycles. The number of ether oxygens (including phenoxy) is 1. The van der Waals surface area contributed by atoms with Crippen LogP contribution in [-0.4, -0.2) is 12.5 Å². The number of rotatable bonds is 7. The number of benzene rings is 2. The molecule has 2 rings (SSSR count). The molecular weight excluding hydrogens is 300 g/mol. The van der Waals surface area contributed by atoms with Gasteiger partial charge in [0.05, 0.1) is 6.61 Å². The highest BCUT2D eigenvalue weighted by molar-refractivity contribution is 5.87. The lowest BCUT2D eigenvalue weighted by molar-refractivity contribution is -0.126. The molecule has 0 saturated heterocycles. The highest BCUT2D eigenvalue weighted by atomic mass is 16.5. The van der Waals surface area contributed by atoms with Crippen LogP contribution in [0, 0.1) is 5.92 Å². The predicted molar refractivity (Wildman–Crippen MR) is 96.6 cm³/mol. The minimum Gasteiger partial charge on any atom is -0.493 e. The van der Waals surface area contributed by atoms with Crippen LogP contribution in [0.15, 0.2) is 54.6 Å². The van der Waals surface area contributed by atoms with Crippen molar-refractivity contribution in [1.29, 1.82) is 0 Å². The summed E-state index contributed by atoms with van der Waals surface area (Å²) in [4.78, 5) is 12.5. The normalized spacial score (nSPS) is 13.4. The molecule has 0 fully saturated rings. The molecular formula is C20H26N2O2. The first-order chi connectivity index (χ1) is 11.4. The lowest BCUT2D eigenvalue weighted by atomic mass is 9.92. The number of nitrogens with one attached hydrogen (secondary N) is 1. The molecule has 0 bridgehead atoms. The van der Waals surface area contributed by atoms with E-state index in [0.717, 1.165) is 16.9 Å². The van der Waals surface area contributed by atoms with Crippen molar-refractivity contribution in [3.8, 4) is 5.75 Å². The van der Waals surface area contributed by atoms with Crippen LogP contribution >= 0.6 is 0 Å². The van der Waals surface area contributed by atoms with Crippen LogP contribution in [0.5, 0.6) is 5.75 Å². The Balaban J connectivity index is 2.04. The predicted octanol–water partition coefficient (Wildman–Crippen LogP) is 3.21. The highest BCUT2D eigenvalue weighted by Crippen LogP contribution is 2.20. The summed E-state index contributed by atoms with van der Waals surface area (Å²) in [5.41, 5.74) is 6.89. The number of nitrogens with two attached hydrogens (primary N) is 1. The van der Waals surface area contributed by atoms with Crippen molar-refractivity contribution in [1.82, 2.24) is 5.32 Å². The quantitative estimate of drug-likeness (QED) is 0.821. The highest BCUT2D eigenvalue weighted by Gasteiger charge is 2.30. The fourth-order valence-electron chi connectivity index (χ4n) is 2.32. The zero-order valence-electron chi connectivity index (χ0n) is 14.6. The van der Waals surface area contributed by atoms with Crippen LogP contribution in [0.1, 0.15) is 31.9 Å². The Morgan fingerprint density at radius 3 is 2.42 bits per heavy atom. The molecule has 0 heterocycles. The lowest BCUT2D eigenvalue weighted by Gasteiger charge is -2.24. The second-order valence-electron chi connectivity index (χ2n) is 6.56. The summed E-state index contributed by atoms with van der Waals surface area (Å²) in [5, 5.41) is 2.92. The third-order valence-corrected chi connectivity index (χ3v) is 3.83. The monoisotopic (exact) mass is 326 g/mol. The average molecular weight is 326 g/mol. The van der Waals surface area contributed by atoms with Crippen molar-refractivity contribution >= 4 is 5.91 Å². The Hall–Kier alpha value is -2.33. The fourth-order valence-corrected chi connectivity index (χ4v) is 2.32. The molecule has 1 amide bonds. The number of carbonyl (C=O) groups is 1. The van der Waals surface area contributed by atoms with Gasteiger partial charge in [-0.3, -0.25) is 4.79 Å². The van der Waals surface area contributed by atoms with Crippen LogP contribution in [0.25, 0.3) is 0 Å². The molecule has 24 heavy (non-hydrogen) atoms. The number of carbonyl (C=O) groups excluding carboxylic acids is 1. The second kappa shape index (κ2) is 7.97. The van der Waals surface area contributed by atoms with Gasteiger partial charge in [-0.1, -0.05) is 62.4 Å². The maximum atomic E-state index is 12.5. The summed E-state index contributed by atoms with van der Waals surface area (Å²) in [6.07, 6.45) is 0. The molecule has 128 valence electrons. The molecule has 2 aromatic carbocycles. The maximum absolute atomic E-state index is 12.5. The smallest absolute Gasteiger partial charge is 0.244 e. The Bertz CT molecular complexity index is 666. The van der Waals surface area contributed by atoms with E-state index in [2.05, 4.69) is 19.2 Å². The van der Waals surface area contributed by atoms with E-state index >= 15 is 0 Å². The molecule has 0 aliphatic rings. The lowest BCUT2D eigenvalue weighted by Crippen LogP contribution is -2.48. The van der Waals surface area contributed by atoms with Crippen LogP contribution in [0.3, 0.4) is 0 Å². The fraction of sp³-hybridized carbons (Fsp3) is 0.350. The van der Waals surface area contributed by atoms with Gasteiger partial charge in [0.2, 0.25) is 5.91 Å². The van der Waals surface area contributed by atoms with Gasteiger partial charge in [0, 0.05) is 12.1 Å². The summed E-state index contributed by atoms with van der Waals surface area (Å²) >= 11 is 0. The van der Waals surface area contributed by atoms with Gasteiger partial charge in [-0.25, -0.2) is 0 Å². The molecule has 2 aromatic rings. The number of amides is 1. The van der Waals surface area contributed by atoms with Gasteiger partial charge in [-0.15, -0.1) is 0 Å². The van der Waals surface area contributed by atoms with E-state index in [1.54, 1.807) is 6.92 Å². The molecule has 0 radical (unpaired) electrons. The summed E-state index contributed by atoms with van der Waals surface area (Å²) in [6.45, 7) is 6.95. The molecule has 1 unspecified atom stereocenters. The van der Waals surface area contributed by atoms with E-state index in [9.17, 15) is 4.79 Å². The first-order valence-corrected chi connectivity index (χ1v) is 8.24. The van der Waals surface area contributed by atoms with Crippen LogP contribution in [-0.2, 0) is 16.9 Å². The van der Waals surface area contributed by atoms with Gasteiger partial charge >= 0.3 is 0 Å². The van der Waals surface area contributed by atoms with E-state index in [1.165, 1.54) is 0 Å². The molecule has 4 heteroatoms. The molecule has 0 aromatic heterocycles. The SMILES string of the molecule is CC(C)COc1ccccc1CNC(=O)C(C)(N)c1ccccc1. The van der Waals surface area contributed by atoms with Gasteiger partial charge in [-0.2, -0.15) is 0 Å². The van der Waals surface area contributed by atoms with E-state index in [-0.39, 0.29) is 5.91 Å². The van der Waals surface area contributed by atoms with Gasteiger partial charge in [0.15, 0.2) is 0 Å². The van der Waals surface area contributed by atoms with E-state index in [4.69, 9.17) is 10.5 Å². The Morgan fingerprint density at radius 2 is 1.75 bits per heavy atom. The minimum atomic E-state index is -1.07. The van der Waals surface area contributed by atoms with E-state index < -0.39 is 5.54 Å². The third-order valence-electron chi connectivity index (χ3n) is 3.83. The van der Waals surface area contributed by atoms with Crippen molar-refractivity contribution in [2.24, 2.45) is 11.7 Å². The summed E-state index contributed by atoms with van der Waals surface area (Å²) in [6, 6.07) is 17.1. The molecule has 4 nitrogen and oxygen atoms in total. The zero-order valence-corrected chi connectivity index (χ0v) is 14.6. The first-order valence-electron chi connectivity index (χ1n) is 8.24. The summed E-state index contributed by atoms with van der Waals surface area (Å²) in [5.74, 6) is 1.02. The van der Waals surface area contributed by atoms with E-state index in [0.29, 0.717) is 19.1 Å². The summed E-state index contributed by atoms with van der Waals surface area (Å²) in [7, 11) is 0. The van der Waals surface area contributed by atoms with Crippen molar-refractivity contribution in [2.75, 3.05) is 6.61 Å².